The van der Waals surface area contributed by atoms with Crippen LogP contribution in [0.15, 0.2) is 36.4 Å². The summed E-state index contributed by atoms with van der Waals surface area (Å²) < 4.78 is 8.08. The van der Waals surface area contributed by atoms with E-state index in [9.17, 15) is 0 Å². The summed E-state index contributed by atoms with van der Waals surface area (Å²) in [5.74, 6) is 0.918. The van der Waals surface area contributed by atoms with Crippen LogP contribution in [0.3, 0.4) is 0 Å². The minimum Gasteiger partial charge on any atom is -0.494 e. The Balaban J connectivity index is 1.32. The number of benzene rings is 2. The summed E-state index contributed by atoms with van der Waals surface area (Å²) in [6, 6.07) is 12.6. The summed E-state index contributed by atoms with van der Waals surface area (Å²) >= 11 is 3.54. The van der Waals surface area contributed by atoms with Gasteiger partial charge in [0.15, 0.2) is 10.3 Å². The number of fused-ring (bicyclic) bond motifs is 2. The zero-order valence-corrected chi connectivity index (χ0v) is 17.6. The van der Waals surface area contributed by atoms with Crippen LogP contribution in [0.5, 0.6) is 5.75 Å². The largest absolute Gasteiger partial charge is 0.494 e. The van der Waals surface area contributed by atoms with Crippen LogP contribution in [0.4, 0.5) is 10.3 Å². The molecule has 0 aliphatic carbocycles. The predicted molar refractivity (Wildman–Crippen MR) is 120 cm³/mol. The van der Waals surface area contributed by atoms with E-state index in [1.807, 2.05) is 13.0 Å². The van der Waals surface area contributed by atoms with E-state index in [4.69, 9.17) is 14.7 Å². The summed E-state index contributed by atoms with van der Waals surface area (Å²) in [6.45, 7) is 8.70. The van der Waals surface area contributed by atoms with Crippen molar-refractivity contribution in [2.75, 3.05) is 42.6 Å². The number of para-hydroxylation sites is 1. The van der Waals surface area contributed by atoms with Gasteiger partial charge in [-0.05, 0) is 43.7 Å². The summed E-state index contributed by atoms with van der Waals surface area (Å²) in [4.78, 5) is 14.5. The van der Waals surface area contributed by atoms with Crippen LogP contribution >= 0.6 is 22.7 Å². The van der Waals surface area contributed by atoms with Crippen LogP contribution in [0.2, 0.25) is 0 Å². The first-order valence-electron chi connectivity index (χ1n) is 9.61. The van der Waals surface area contributed by atoms with Crippen LogP contribution in [0.25, 0.3) is 20.4 Å². The van der Waals surface area contributed by atoms with Crippen LogP contribution < -0.4 is 14.5 Å². The summed E-state index contributed by atoms with van der Waals surface area (Å²) in [5.41, 5.74) is 3.44. The van der Waals surface area contributed by atoms with Crippen molar-refractivity contribution < 1.29 is 4.74 Å². The zero-order valence-electron chi connectivity index (χ0n) is 16.0. The van der Waals surface area contributed by atoms with Crippen molar-refractivity contribution in [3.8, 4) is 5.75 Å². The molecule has 1 saturated heterocycles. The maximum atomic E-state index is 5.62. The molecule has 0 saturated carbocycles. The molecular weight excluding hydrogens is 388 g/mol. The topological polar surface area (TPSA) is 41.5 Å². The van der Waals surface area contributed by atoms with Gasteiger partial charge in [-0.25, -0.2) is 9.97 Å². The number of rotatable bonds is 4. The van der Waals surface area contributed by atoms with Crippen molar-refractivity contribution in [3.05, 3.63) is 42.0 Å². The van der Waals surface area contributed by atoms with Gasteiger partial charge in [0.25, 0.3) is 0 Å². The molecule has 7 heteroatoms. The average molecular weight is 411 g/mol. The molecular formula is C21H22N4OS2. The summed E-state index contributed by atoms with van der Waals surface area (Å²) in [5, 5.41) is 2.23. The highest BCUT2D eigenvalue weighted by molar-refractivity contribution is 7.22. The molecule has 4 aromatic rings. The van der Waals surface area contributed by atoms with E-state index in [0.717, 1.165) is 53.2 Å². The fraction of sp³-hybridized carbons (Fsp3) is 0.333. The molecule has 0 amide bonds. The number of aromatic nitrogens is 2. The standard InChI is InChI=1S/C21H22N4OS2/c1-3-26-15-7-8-16-18(13-15)28-20(22-16)24-9-11-25(12-10-24)21-23-19-14(2)5-4-6-17(19)27-21/h4-8,13H,3,9-12H2,1-2H3. The first kappa shape index (κ1) is 17.7. The lowest BCUT2D eigenvalue weighted by molar-refractivity contribution is 0.341. The van der Waals surface area contributed by atoms with E-state index in [1.54, 1.807) is 22.7 Å². The number of anilines is 2. The number of piperazine rings is 1. The molecule has 0 atom stereocenters. The molecule has 0 N–H and O–H groups in total. The molecule has 28 heavy (non-hydrogen) atoms. The molecule has 2 aromatic heterocycles. The molecule has 1 aliphatic heterocycles. The minimum atomic E-state index is 0.685. The van der Waals surface area contributed by atoms with E-state index < -0.39 is 0 Å². The lowest BCUT2D eigenvalue weighted by Gasteiger charge is -2.34. The highest BCUT2D eigenvalue weighted by Crippen LogP contribution is 2.34. The molecule has 2 aromatic carbocycles. The lowest BCUT2D eigenvalue weighted by Crippen LogP contribution is -2.46. The van der Waals surface area contributed by atoms with E-state index >= 15 is 0 Å². The van der Waals surface area contributed by atoms with Crippen LogP contribution in [0, 0.1) is 6.92 Å². The van der Waals surface area contributed by atoms with Gasteiger partial charge in [0.2, 0.25) is 0 Å². The van der Waals surface area contributed by atoms with Gasteiger partial charge in [0.1, 0.15) is 5.75 Å². The maximum Gasteiger partial charge on any atom is 0.186 e. The van der Waals surface area contributed by atoms with Gasteiger partial charge in [-0.15, -0.1) is 0 Å². The monoisotopic (exact) mass is 410 g/mol. The molecule has 3 heterocycles. The third-order valence-electron chi connectivity index (χ3n) is 5.09. The van der Waals surface area contributed by atoms with Gasteiger partial charge in [-0.2, -0.15) is 0 Å². The zero-order chi connectivity index (χ0) is 19.1. The predicted octanol–water partition coefficient (Wildman–Crippen LogP) is 4.94. The second-order valence-electron chi connectivity index (χ2n) is 6.95. The fourth-order valence-electron chi connectivity index (χ4n) is 3.58. The third-order valence-corrected chi connectivity index (χ3v) is 7.25. The summed E-state index contributed by atoms with van der Waals surface area (Å²) in [6.07, 6.45) is 0. The average Bonchev–Trinajstić information content (AvgIpc) is 3.33. The smallest absolute Gasteiger partial charge is 0.186 e. The van der Waals surface area contributed by atoms with Crippen molar-refractivity contribution in [1.29, 1.82) is 0 Å². The maximum absolute atomic E-state index is 5.62. The normalized spacial score (nSPS) is 14.9. The Morgan fingerprint density at radius 2 is 1.64 bits per heavy atom. The number of nitrogens with zero attached hydrogens (tertiary/aromatic N) is 4. The Bertz CT molecular complexity index is 1130. The Morgan fingerprint density at radius 1 is 0.929 bits per heavy atom. The first-order valence-corrected chi connectivity index (χ1v) is 11.2. The quantitative estimate of drug-likeness (QED) is 0.477. The SMILES string of the molecule is CCOc1ccc2nc(N3CCN(c4nc5c(C)cccc5s4)CC3)sc2c1. The summed E-state index contributed by atoms with van der Waals surface area (Å²) in [7, 11) is 0. The van der Waals surface area contributed by atoms with Crippen molar-refractivity contribution in [2.45, 2.75) is 13.8 Å². The van der Waals surface area contributed by atoms with Gasteiger partial charge >= 0.3 is 0 Å². The first-order chi connectivity index (χ1) is 13.7. The van der Waals surface area contributed by atoms with Crippen molar-refractivity contribution in [3.63, 3.8) is 0 Å². The van der Waals surface area contributed by atoms with E-state index in [-0.39, 0.29) is 0 Å². The highest BCUT2D eigenvalue weighted by Gasteiger charge is 2.22. The Hall–Kier alpha value is -2.38. The van der Waals surface area contributed by atoms with Crippen molar-refractivity contribution in [2.24, 2.45) is 0 Å². The molecule has 0 unspecified atom stereocenters. The lowest BCUT2D eigenvalue weighted by atomic mass is 10.2. The molecule has 5 nitrogen and oxygen atoms in total. The highest BCUT2D eigenvalue weighted by atomic mass is 32.1. The molecule has 1 aliphatic rings. The molecule has 144 valence electrons. The second-order valence-corrected chi connectivity index (χ2v) is 8.97. The molecule has 0 spiro atoms. The van der Waals surface area contributed by atoms with Crippen LogP contribution in [0.1, 0.15) is 12.5 Å². The number of hydrogen-bond acceptors (Lipinski definition) is 7. The molecule has 0 bridgehead atoms. The van der Waals surface area contributed by atoms with Crippen molar-refractivity contribution in [1.82, 2.24) is 9.97 Å². The van der Waals surface area contributed by atoms with Crippen LogP contribution in [-0.4, -0.2) is 42.8 Å². The Labute approximate surface area is 172 Å². The Kier molecular flexibility index (Phi) is 4.56. The van der Waals surface area contributed by atoms with Gasteiger partial charge < -0.3 is 14.5 Å². The number of aryl methyl sites for hydroxylation is 1. The number of hydrogen-bond donors (Lipinski definition) is 0. The fourth-order valence-corrected chi connectivity index (χ4v) is 5.72. The number of thiazole rings is 2. The second kappa shape index (κ2) is 7.22. The van der Waals surface area contributed by atoms with E-state index in [2.05, 4.69) is 47.1 Å². The van der Waals surface area contributed by atoms with Crippen LogP contribution in [-0.2, 0) is 0 Å². The molecule has 0 radical (unpaired) electrons. The van der Waals surface area contributed by atoms with Crippen molar-refractivity contribution >= 4 is 53.4 Å². The van der Waals surface area contributed by atoms with Gasteiger partial charge in [-0.1, -0.05) is 34.8 Å². The van der Waals surface area contributed by atoms with Gasteiger partial charge in [0.05, 0.1) is 27.0 Å². The van der Waals surface area contributed by atoms with E-state index in [1.165, 1.54) is 15.0 Å². The molecule has 5 rings (SSSR count). The van der Waals surface area contributed by atoms with E-state index in [0.29, 0.717) is 6.61 Å². The minimum absolute atomic E-state index is 0.685. The third kappa shape index (κ3) is 3.18. The number of ether oxygens (including phenoxy) is 1. The van der Waals surface area contributed by atoms with Gasteiger partial charge in [-0.3, -0.25) is 0 Å². The van der Waals surface area contributed by atoms with Gasteiger partial charge in [0, 0.05) is 26.2 Å². The Morgan fingerprint density at radius 3 is 2.36 bits per heavy atom. The molecule has 1 fully saturated rings.